The van der Waals surface area contributed by atoms with E-state index in [1.54, 1.807) is 12.3 Å². The van der Waals surface area contributed by atoms with Gasteiger partial charge in [-0.25, -0.2) is 4.98 Å². The van der Waals surface area contributed by atoms with Crippen LogP contribution in [0.5, 0.6) is 17.2 Å². The first-order valence-corrected chi connectivity index (χ1v) is 18.8. The minimum absolute atomic E-state index is 0.0571. The van der Waals surface area contributed by atoms with Gasteiger partial charge in [0.1, 0.15) is 5.76 Å². The molecule has 0 saturated carbocycles. The molecule has 282 valence electrons. The summed E-state index contributed by atoms with van der Waals surface area (Å²) in [6, 6.07) is 20.4. The number of ketones is 1. The SMILES string of the molecule is COc1cc(C(=O)N2CCC(CCN3CCC(C(=O)c4nc5ccccc5n4Cc4ccco4)CC3)(c3ccc(Cl)c(Cl)c3)C2)cc(OC(C)=O)c1OC. The normalized spacial score (nSPS) is 17.9. The summed E-state index contributed by atoms with van der Waals surface area (Å²) in [6.07, 6.45) is 4.55. The average Bonchev–Trinajstić information content (AvgIpc) is 3.95. The van der Waals surface area contributed by atoms with Crippen molar-refractivity contribution in [2.75, 3.05) is 46.9 Å². The van der Waals surface area contributed by atoms with E-state index in [1.807, 2.05) is 64.1 Å². The molecule has 0 bridgehead atoms. The number of carbonyl (C=O) groups excluding carboxylic acids is 3. The van der Waals surface area contributed by atoms with E-state index >= 15 is 0 Å². The molecule has 0 radical (unpaired) electrons. The topological polar surface area (TPSA) is 116 Å². The van der Waals surface area contributed by atoms with E-state index in [0.717, 1.165) is 61.3 Å². The van der Waals surface area contributed by atoms with Crippen molar-refractivity contribution >= 4 is 51.9 Å². The first-order valence-electron chi connectivity index (χ1n) is 18.0. The van der Waals surface area contributed by atoms with Crippen molar-refractivity contribution in [1.82, 2.24) is 19.4 Å². The van der Waals surface area contributed by atoms with Gasteiger partial charge in [0.2, 0.25) is 11.5 Å². The van der Waals surface area contributed by atoms with E-state index in [0.29, 0.717) is 47.5 Å². The number of hydrogen-bond donors (Lipinski definition) is 0. The Morgan fingerprint density at radius 3 is 2.41 bits per heavy atom. The van der Waals surface area contributed by atoms with Crippen LogP contribution in [-0.2, 0) is 16.8 Å². The summed E-state index contributed by atoms with van der Waals surface area (Å²) in [4.78, 5) is 49.0. The van der Waals surface area contributed by atoms with Crippen LogP contribution in [0, 0.1) is 5.92 Å². The Hall–Kier alpha value is -4.84. The number of benzene rings is 3. The van der Waals surface area contributed by atoms with Gasteiger partial charge in [-0.2, -0.15) is 0 Å². The van der Waals surface area contributed by atoms with Crippen LogP contribution in [0.3, 0.4) is 0 Å². The molecule has 1 amide bonds. The zero-order chi connectivity index (χ0) is 38.0. The molecule has 3 aromatic carbocycles. The number of esters is 1. The van der Waals surface area contributed by atoms with Crippen LogP contribution in [0.1, 0.15) is 64.9 Å². The summed E-state index contributed by atoms with van der Waals surface area (Å²) < 4.78 is 23.9. The Morgan fingerprint density at radius 1 is 0.926 bits per heavy atom. The van der Waals surface area contributed by atoms with Crippen molar-refractivity contribution in [3.63, 3.8) is 0 Å². The summed E-state index contributed by atoms with van der Waals surface area (Å²) in [5.74, 6) is 1.01. The van der Waals surface area contributed by atoms with Gasteiger partial charge in [0.15, 0.2) is 17.3 Å². The number of imidazole rings is 1. The van der Waals surface area contributed by atoms with Crippen LogP contribution in [0.25, 0.3) is 11.0 Å². The highest BCUT2D eigenvalue weighted by Crippen LogP contribution is 2.43. The largest absolute Gasteiger partial charge is 0.493 e. The minimum atomic E-state index is -0.543. The molecule has 0 N–H and O–H groups in total. The number of amides is 1. The summed E-state index contributed by atoms with van der Waals surface area (Å²) in [5, 5.41) is 0.927. The Labute approximate surface area is 323 Å². The fraction of sp³-hybridized carbons (Fsp3) is 0.366. The highest BCUT2D eigenvalue weighted by molar-refractivity contribution is 6.42. The van der Waals surface area contributed by atoms with Crippen molar-refractivity contribution < 1.29 is 33.0 Å². The number of aromatic nitrogens is 2. The maximum Gasteiger partial charge on any atom is 0.308 e. The number of furan rings is 1. The first kappa shape index (κ1) is 37.5. The molecule has 7 rings (SSSR count). The van der Waals surface area contributed by atoms with Crippen molar-refractivity contribution in [2.45, 2.75) is 44.6 Å². The molecule has 2 aromatic heterocycles. The van der Waals surface area contributed by atoms with Crippen LogP contribution in [-0.4, -0.2) is 84.0 Å². The molecule has 2 aliphatic rings. The van der Waals surface area contributed by atoms with Gasteiger partial charge >= 0.3 is 5.97 Å². The molecule has 2 fully saturated rings. The lowest BCUT2D eigenvalue weighted by molar-refractivity contribution is -0.132. The number of carbonyl (C=O) groups is 3. The molecule has 1 atom stereocenters. The molecule has 2 aliphatic heterocycles. The van der Waals surface area contributed by atoms with E-state index in [9.17, 15) is 14.4 Å². The van der Waals surface area contributed by atoms with E-state index < -0.39 is 11.4 Å². The number of ether oxygens (including phenoxy) is 3. The van der Waals surface area contributed by atoms with Crippen LogP contribution in [0.4, 0.5) is 0 Å². The fourth-order valence-corrected chi connectivity index (χ4v) is 8.18. The number of fused-ring (bicyclic) bond motifs is 1. The predicted octanol–water partition coefficient (Wildman–Crippen LogP) is 7.70. The van der Waals surface area contributed by atoms with Gasteiger partial charge in [0, 0.05) is 36.9 Å². The lowest BCUT2D eigenvalue weighted by Gasteiger charge is -2.36. The quantitative estimate of drug-likeness (QED) is 0.0715. The third-order valence-corrected chi connectivity index (χ3v) is 11.5. The molecule has 5 aromatic rings. The highest BCUT2D eigenvalue weighted by Gasteiger charge is 2.42. The molecule has 11 nitrogen and oxygen atoms in total. The molecule has 0 spiro atoms. The van der Waals surface area contributed by atoms with Gasteiger partial charge < -0.3 is 33.0 Å². The van der Waals surface area contributed by atoms with Crippen molar-refractivity contribution in [2.24, 2.45) is 5.92 Å². The number of Topliss-reactive ketones (excluding diaryl/α,β-unsaturated/α-hetero) is 1. The van der Waals surface area contributed by atoms with Gasteiger partial charge in [0.25, 0.3) is 5.91 Å². The predicted molar refractivity (Wildman–Crippen MR) is 205 cm³/mol. The molecular weight excluding hydrogens is 731 g/mol. The van der Waals surface area contributed by atoms with Gasteiger partial charge in [-0.05, 0) is 99.4 Å². The second kappa shape index (κ2) is 15.9. The molecule has 2 saturated heterocycles. The van der Waals surface area contributed by atoms with Crippen molar-refractivity contribution in [1.29, 1.82) is 0 Å². The molecule has 54 heavy (non-hydrogen) atoms. The molecule has 0 aliphatic carbocycles. The Kier molecular flexibility index (Phi) is 11.0. The molecular formula is C41H42Cl2N4O7. The van der Waals surface area contributed by atoms with Crippen LogP contribution < -0.4 is 14.2 Å². The maximum atomic E-state index is 14.1. The number of rotatable bonds is 12. The number of likely N-dealkylation sites (tertiary alicyclic amines) is 2. The summed E-state index contributed by atoms with van der Waals surface area (Å²) in [6.45, 7) is 4.97. The zero-order valence-electron chi connectivity index (χ0n) is 30.5. The highest BCUT2D eigenvalue weighted by atomic mass is 35.5. The molecule has 1 unspecified atom stereocenters. The van der Waals surface area contributed by atoms with Gasteiger partial charge in [-0.1, -0.05) is 41.4 Å². The first-order chi connectivity index (χ1) is 26.1. The van der Waals surface area contributed by atoms with Crippen molar-refractivity contribution in [3.05, 3.63) is 106 Å². The van der Waals surface area contributed by atoms with E-state index in [1.165, 1.54) is 27.2 Å². The standard InChI is InChI=1S/C41H42Cl2N4O7/c1-26(48)54-36-22-28(21-35(51-2)38(36)52-3)40(50)46-19-15-41(25-46,29-10-11-31(42)32(43)23-29)14-18-45-16-12-27(13-17-45)37(49)39-44-33-8-4-5-9-34(33)47(39)24-30-7-6-20-53-30/h4-11,20-23,27H,12-19,24-25H2,1-3H3. The van der Waals surface area contributed by atoms with E-state index in [-0.39, 0.29) is 34.9 Å². The minimum Gasteiger partial charge on any atom is -0.493 e. The monoisotopic (exact) mass is 772 g/mol. The number of halogens is 2. The third kappa shape index (κ3) is 7.58. The van der Waals surface area contributed by atoms with Gasteiger partial charge in [0.05, 0.1) is 48.1 Å². The van der Waals surface area contributed by atoms with E-state index in [4.69, 9.17) is 46.8 Å². The average molecular weight is 774 g/mol. The Bertz CT molecular complexity index is 2180. The number of para-hydroxylation sites is 2. The molecule has 13 heteroatoms. The Morgan fingerprint density at radius 2 is 1.70 bits per heavy atom. The maximum absolute atomic E-state index is 14.1. The number of methoxy groups -OCH3 is 2. The van der Waals surface area contributed by atoms with Crippen molar-refractivity contribution in [3.8, 4) is 17.2 Å². The fourth-order valence-electron chi connectivity index (χ4n) is 7.88. The number of piperidine rings is 1. The lowest BCUT2D eigenvalue weighted by atomic mass is 9.76. The van der Waals surface area contributed by atoms with Crippen LogP contribution >= 0.6 is 23.2 Å². The smallest absolute Gasteiger partial charge is 0.308 e. The summed E-state index contributed by atoms with van der Waals surface area (Å²) in [7, 11) is 2.91. The van der Waals surface area contributed by atoms with Crippen LogP contribution in [0.2, 0.25) is 10.0 Å². The summed E-state index contributed by atoms with van der Waals surface area (Å²) in [5.41, 5.74) is 2.63. The van der Waals surface area contributed by atoms with Gasteiger partial charge in [-0.3, -0.25) is 14.4 Å². The summed E-state index contributed by atoms with van der Waals surface area (Å²) >= 11 is 12.9. The second-order valence-corrected chi connectivity index (χ2v) is 14.8. The van der Waals surface area contributed by atoms with Gasteiger partial charge in [-0.15, -0.1) is 0 Å². The van der Waals surface area contributed by atoms with E-state index in [2.05, 4.69) is 4.90 Å². The molecule has 4 heterocycles. The number of nitrogens with zero attached hydrogens (tertiary/aromatic N) is 4. The number of hydrogen-bond acceptors (Lipinski definition) is 9. The Balaban J connectivity index is 1.06. The zero-order valence-corrected chi connectivity index (χ0v) is 32.0. The lowest BCUT2D eigenvalue weighted by Crippen LogP contribution is -2.41. The van der Waals surface area contributed by atoms with Crippen LogP contribution in [0.15, 0.2) is 77.4 Å². The second-order valence-electron chi connectivity index (χ2n) is 14.0. The third-order valence-electron chi connectivity index (χ3n) is 10.8.